The summed E-state index contributed by atoms with van der Waals surface area (Å²) in [5.74, 6) is 1.46. The Bertz CT molecular complexity index is 811. The first-order chi connectivity index (χ1) is 10.1. The summed E-state index contributed by atoms with van der Waals surface area (Å²) in [6.45, 7) is 4.61. The number of imidazole rings is 1. The van der Waals surface area contributed by atoms with Crippen LogP contribution in [-0.2, 0) is 0 Å². The molecule has 3 aromatic rings. The van der Waals surface area contributed by atoms with Crippen LogP contribution in [0.5, 0.6) is 5.75 Å². The van der Waals surface area contributed by atoms with Crippen molar-refractivity contribution in [3.05, 3.63) is 46.6 Å². The van der Waals surface area contributed by atoms with Crippen LogP contribution in [0.2, 0.25) is 0 Å². The van der Waals surface area contributed by atoms with Gasteiger partial charge in [0.2, 0.25) is 0 Å². The van der Waals surface area contributed by atoms with Gasteiger partial charge in [-0.05, 0) is 54.0 Å². The van der Waals surface area contributed by atoms with Gasteiger partial charge in [-0.25, -0.2) is 4.98 Å². The molecule has 2 aromatic heterocycles. The van der Waals surface area contributed by atoms with Gasteiger partial charge in [-0.1, -0.05) is 12.1 Å². The maximum atomic E-state index is 6.30. The van der Waals surface area contributed by atoms with Gasteiger partial charge in [0.1, 0.15) is 22.9 Å². The molecule has 0 spiro atoms. The largest absolute Gasteiger partial charge is 0.494 e. The number of hydrogen-bond donors (Lipinski definition) is 1. The van der Waals surface area contributed by atoms with Crippen molar-refractivity contribution in [1.29, 1.82) is 0 Å². The molecule has 5 heteroatoms. The minimum absolute atomic E-state index is 0.635. The number of nitrogens with zero attached hydrogens (tertiary/aromatic N) is 2. The Kier molecular flexibility index (Phi) is 3.59. The molecule has 0 aliphatic heterocycles. The molecule has 1 aromatic carbocycles. The minimum Gasteiger partial charge on any atom is -0.494 e. The van der Waals surface area contributed by atoms with Gasteiger partial charge in [-0.2, -0.15) is 0 Å². The minimum atomic E-state index is 0.635. The van der Waals surface area contributed by atoms with Crippen LogP contribution < -0.4 is 10.5 Å². The summed E-state index contributed by atoms with van der Waals surface area (Å²) in [6, 6.07) is 11.8. The number of hydrogen-bond acceptors (Lipinski definition) is 3. The van der Waals surface area contributed by atoms with E-state index in [1.54, 1.807) is 0 Å². The van der Waals surface area contributed by atoms with E-state index >= 15 is 0 Å². The van der Waals surface area contributed by atoms with Crippen molar-refractivity contribution in [3.8, 4) is 17.0 Å². The molecule has 0 bridgehead atoms. The number of nitrogens with two attached hydrogens (primary N) is 1. The zero-order chi connectivity index (χ0) is 15.0. The Morgan fingerprint density at radius 3 is 2.86 bits per heavy atom. The van der Waals surface area contributed by atoms with Gasteiger partial charge in [-0.3, -0.25) is 4.40 Å². The van der Waals surface area contributed by atoms with Gasteiger partial charge in [0, 0.05) is 15.7 Å². The van der Waals surface area contributed by atoms with Crippen molar-refractivity contribution in [3.63, 3.8) is 0 Å². The van der Waals surface area contributed by atoms with E-state index in [-0.39, 0.29) is 0 Å². The summed E-state index contributed by atoms with van der Waals surface area (Å²) >= 11 is 3.52. The van der Waals surface area contributed by atoms with E-state index in [4.69, 9.17) is 10.5 Å². The normalized spacial score (nSPS) is 11.0. The molecule has 0 aliphatic rings. The van der Waals surface area contributed by atoms with Crippen LogP contribution in [-0.4, -0.2) is 16.0 Å². The average molecular weight is 346 g/mol. The fourth-order valence-corrected chi connectivity index (χ4v) is 2.71. The third-order valence-corrected chi connectivity index (χ3v) is 4.26. The van der Waals surface area contributed by atoms with Crippen LogP contribution in [0.3, 0.4) is 0 Å². The quantitative estimate of drug-likeness (QED) is 0.778. The van der Waals surface area contributed by atoms with Gasteiger partial charge < -0.3 is 10.5 Å². The maximum Gasteiger partial charge on any atom is 0.139 e. The molecule has 2 N–H and O–H groups in total. The average Bonchev–Trinajstić information content (AvgIpc) is 2.81. The van der Waals surface area contributed by atoms with E-state index in [0.29, 0.717) is 12.4 Å². The van der Waals surface area contributed by atoms with E-state index in [0.717, 1.165) is 32.8 Å². The van der Waals surface area contributed by atoms with Gasteiger partial charge in [0.05, 0.1) is 6.61 Å². The molecule has 0 aliphatic carbocycles. The Morgan fingerprint density at radius 2 is 2.10 bits per heavy atom. The second-order valence-corrected chi connectivity index (χ2v) is 5.62. The highest BCUT2D eigenvalue weighted by atomic mass is 79.9. The third-order valence-electron chi connectivity index (χ3n) is 3.42. The Morgan fingerprint density at radius 1 is 1.29 bits per heavy atom. The fourth-order valence-electron chi connectivity index (χ4n) is 2.40. The molecule has 3 rings (SSSR count). The number of rotatable bonds is 3. The molecule has 4 nitrogen and oxygen atoms in total. The van der Waals surface area contributed by atoms with E-state index in [9.17, 15) is 0 Å². The molecule has 0 saturated heterocycles. The molecular weight excluding hydrogens is 330 g/mol. The first-order valence-electron chi connectivity index (χ1n) is 6.78. The lowest BCUT2D eigenvalue weighted by atomic mass is 10.1. The van der Waals surface area contributed by atoms with Crippen LogP contribution in [0.15, 0.2) is 40.9 Å². The zero-order valence-electron chi connectivity index (χ0n) is 11.9. The Hall–Kier alpha value is -2.01. The summed E-state index contributed by atoms with van der Waals surface area (Å²) in [5.41, 5.74) is 9.91. The molecular formula is C16H16BrN3O. The molecule has 0 unspecified atom stereocenters. The predicted molar refractivity (Wildman–Crippen MR) is 88.6 cm³/mol. The topological polar surface area (TPSA) is 52.5 Å². The number of ether oxygens (including phenoxy) is 1. The maximum absolute atomic E-state index is 6.30. The lowest BCUT2D eigenvalue weighted by molar-refractivity contribution is 0.340. The summed E-state index contributed by atoms with van der Waals surface area (Å²) in [5, 5.41) is 0. The second-order valence-electron chi connectivity index (χ2n) is 4.77. The van der Waals surface area contributed by atoms with E-state index < -0.39 is 0 Å². The number of anilines is 1. The smallest absolute Gasteiger partial charge is 0.139 e. The van der Waals surface area contributed by atoms with Crippen molar-refractivity contribution in [2.45, 2.75) is 13.8 Å². The Labute approximate surface area is 131 Å². The van der Waals surface area contributed by atoms with E-state index in [1.165, 1.54) is 0 Å². The number of halogens is 1. The van der Waals surface area contributed by atoms with Gasteiger partial charge in [0.15, 0.2) is 0 Å². The number of nitrogen functional groups attached to an aromatic ring is 1. The molecule has 108 valence electrons. The lowest BCUT2D eigenvalue weighted by Crippen LogP contribution is -1.98. The standard InChI is InChI=1S/C16H16BrN3O/c1-3-21-12-6-4-5-11(9-12)15-16(18)20-10(2)13(17)7-8-14(20)19-15/h4-9H,3,18H2,1-2H3. The second kappa shape index (κ2) is 5.41. The lowest BCUT2D eigenvalue weighted by Gasteiger charge is -2.06. The van der Waals surface area contributed by atoms with Crippen molar-refractivity contribution in [1.82, 2.24) is 9.38 Å². The van der Waals surface area contributed by atoms with Crippen LogP contribution >= 0.6 is 15.9 Å². The van der Waals surface area contributed by atoms with Gasteiger partial charge in [0.25, 0.3) is 0 Å². The van der Waals surface area contributed by atoms with Crippen molar-refractivity contribution >= 4 is 27.4 Å². The Balaban J connectivity index is 2.19. The summed E-state index contributed by atoms with van der Waals surface area (Å²) in [6.07, 6.45) is 0. The van der Waals surface area contributed by atoms with Crippen LogP contribution in [0.4, 0.5) is 5.82 Å². The van der Waals surface area contributed by atoms with Crippen molar-refractivity contribution in [2.24, 2.45) is 0 Å². The first kappa shape index (κ1) is 13.9. The highest BCUT2D eigenvalue weighted by Gasteiger charge is 2.14. The summed E-state index contributed by atoms with van der Waals surface area (Å²) in [4.78, 5) is 4.65. The number of aromatic nitrogens is 2. The van der Waals surface area contributed by atoms with Crippen LogP contribution in [0, 0.1) is 6.92 Å². The highest BCUT2D eigenvalue weighted by Crippen LogP contribution is 2.31. The summed E-state index contributed by atoms with van der Waals surface area (Å²) < 4.78 is 8.50. The molecule has 21 heavy (non-hydrogen) atoms. The monoisotopic (exact) mass is 345 g/mol. The number of pyridine rings is 1. The first-order valence-corrected chi connectivity index (χ1v) is 7.57. The SMILES string of the molecule is CCOc1cccc(-c2nc3ccc(Br)c(C)n3c2N)c1. The molecule has 0 saturated carbocycles. The fraction of sp³-hybridized carbons (Fsp3) is 0.188. The molecule has 0 amide bonds. The van der Waals surface area contributed by atoms with Gasteiger partial charge in [-0.15, -0.1) is 0 Å². The van der Waals surface area contributed by atoms with Crippen LogP contribution in [0.25, 0.3) is 16.9 Å². The van der Waals surface area contributed by atoms with E-state index in [1.807, 2.05) is 54.6 Å². The van der Waals surface area contributed by atoms with Crippen molar-refractivity contribution < 1.29 is 4.74 Å². The molecule has 0 fully saturated rings. The number of aryl methyl sites for hydroxylation is 1. The summed E-state index contributed by atoms with van der Waals surface area (Å²) in [7, 11) is 0. The molecule has 0 radical (unpaired) electrons. The molecule has 0 atom stereocenters. The number of benzene rings is 1. The number of fused-ring (bicyclic) bond motifs is 1. The molecule has 2 heterocycles. The highest BCUT2D eigenvalue weighted by molar-refractivity contribution is 9.10. The van der Waals surface area contributed by atoms with Crippen molar-refractivity contribution in [2.75, 3.05) is 12.3 Å². The zero-order valence-corrected chi connectivity index (χ0v) is 13.5. The van der Waals surface area contributed by atoms with Crippen LogP contribution in [0.1, 0.15) is 12.6 Å². The predicted octanol–water partition coefficient (Wildman–Crippen LogP) is 4.05. The third kappa shape index (κ3) is 2.38. The van der Waals surface area contributed by atoms with E-state index in [2.05, 4.69) is 20.9 Å². The van der Waals surface area contributed by atoms with Gasteiger partial charge >= 0.3 is 0 Å².